The molecule has 1 aliphatic heterocycles. The minimum atomic E-state index is -0.181. The van der Waals surface area contributed by atoms with E-state index in [4.69, 9.17) is 4.74 Å². The Morgan fingerprint density at radius 2 is 2.11 bits per heavy atom. The Morgan fingerprint density at radius 1 is 1.37 bits per heavy atom. The maximum Gasteiger partial charge on any atom is 0.250 e. The van der Waals surface area contributed by atoms with Crippen LogP contribution in [0.4, 0.5) is 5.69 Å². The minimum absolute atomic E-state index is 0.0599. The number of ether oxygens (including phenoxy) is 1. The van der Waals surface area contributed by atoms with Gasteiger partial charge < -0.3 is 20.5 Å². The molecule has 0 radical (unpaired) electrons. The third-order valence-electron chi connectivity index (χ3n) is 3.20. The molecule has 1 aliphatic rings. The molecule has 19 heavy (non-hydrogen) atoms. The van der Waals surface area contributed by atoms with Crippen LogP contribution in [0.1, 0.15) is 18.4 Å². The molecule has 1 saturated heterocycles. The van der Waals surface area contributed by atoms with Gasteiger partial charge in [0.25, 0.3) is 0 Å². The highest BCUT2D eigenvalue weighted by molar-refractivity contribution is 5.92. The minimum Gasteiger partial charge on any atom is -0.392 e. The van der Waals surface area contributed by atoms with Crippen LogP contribution in [-0.4, -0.2) is 36.8 Å². The molecule has 2 rings (SSSR count). The average molecular weight is 264 g/mol. The summed E-state index contributed by atoms with van der Waals surface area (Å²) in [4.78, 5) is 11.8. The molecule has 0 saturated carbocycles. The van der Waals surface area contributed by atoms with Crippen LogP contribution >= 0.6 is 0 Å². The van der Waals surface area contributed by atoms with Crippen molar-refractivity contribution < 1.29 is 14.6 Å². The van der Waals surface area contributed by atoms with Gasteiger partial charge in [0.15, 0.2) is 0 Å². The summed E-state index contributed by atoms with van der Waals surface area (Å²) in [5.74, 6) is -0.181. The number of nitrogens with one attached hydrogen (secondary N) is 2. The summed E-state index contributed by atoms with van der Waals surface area (Å²) in [6.07, 6.45) is 2.06. The summed E-state index contributed by atoms with van der Waals surface area (Å²) >= 11 is 0. The highest BCUT2D eigenvalue weighted by atomic mass is 16.5. The van der Waals surface area contributed by atoms with Crippen molar-refractivity contribution in [3.05, 3.63) is 29.8 Å². The summed E-state index contributed by atoms with van der Waals surface area (Å²) in [6.45, 7) is 1.86. The molecule has 1 aromatic carbocycles. The lowest BCUT2D eigenvalue weighted by Gasteiger charge is -2.22. The van der Waals surface area contributed by atoms with Gasteiger partial charge >= 0.3 is 0 Å². The Morgan fingerprint density at radius 3 is 2.84 bits per heavy atom. The molecular formula is C14H20N2O3. The lowest BCUT2D eigenvalue weighted by atomic mass is 10.1. The van der Waals surface area contributed by atoms with E-state index in [-0.39, 0.29) is 25.2 Å². The fourth-order valence-electron chi connectivity index (χ4n) is 2.12. The second kappa shape index (κ2) is 7.23. The number of rotatable bonds is 5. The van der Waals surface area contributed by atoms with Crippen molar-refractivity contribution in [3.8, 4) is 0 Å². The lowest BCUT2D eigenvalue weighted by Crippen LogP contribution is -2.34. The first-order chi connectivity index (χ1) is 9.29. The van der Waals surface area contributed by atoms with Crippen LogP contribution in [0.5, 0.6) is 0 Å². The van der Waals surface area contributed by atoms with E-state index in [0.717, 1.165) is 25.9 Å². The van der Waals surface area contributed by atoms with E-state index in [1.54, 1.807) is 12.1 Å². The Labute approximate surface area is 113 Å². The standard InChI is InChI=1S/C14H20N2O3/c17-9-11-3-1-2-4-13(11)16-14(18)10-19-12-5-7-15-8-6-12/h1-4,12,15,17H,5-10H2,(H,16,18). The molecule has 3 N–H and O–H groups in total. The highest BCUT2D eigenvalue weighted by Crippen LogP contribution is 2.15. The summed E-state index contributed by atoms with van der Waals surface area (Å²) in [5, 5.41) is 15.2. The fourth-order valence-corrected chi connectivity index (χ4v) is 2.12. The van der Waals surface area contributed by atoms with Gasteiger partial charge in [-0.25, -0.2) is 0 Å². The molecule has 0 atom stereocenters. The normalized spacial score (nSPS) is 16.3. The fraction of sp³-hybridized carbons (Fsp3) is 0.500. The molecule has 1 fully saturated rings. The summed E-state index contributed by atoms with van der Waals surface area (Å²) in [5.41, 5.74) is 1.35. The monoisotopic (exact) mass is 264 g/mol. The Hall–Kier alpha value is -1.43. The molecule has 1 aromatic rings. The largest absolute Gasteiger partial charge is 0.392 e. The number of carbonyl (C=O) groups is 1. The van der Waals surface area contributed by atoms with E-state index in [1.165, 1.54) is 0 Å². The van der Waals surface area contributed by atoms with Gasteiger partial charge in [0, 0.05) is 11.3 Å². The van der Waals surface area contributed by atoms with Crippen molar-refractivity contribution >= 4 is 11.6 Å². The number of aliphatic hydroxyl groups is 1. The number of piperidine rings is 1. The Kier molecular flexibility index (Phi) is 5.32. The number of anilines is 1. The SMILES string of the molecule is O=C(COC1CCNCC1)Nc1ccccc1CO. The van der Waals surface area contributed by atoms with Crippen LogP contribution in [0.2, 0.25) is 0 Å². The Balaban J connectivity index is 1.80. The number of hydrogen-bond acceptors (Lipinski definition) is 4. The first-order valence-corrected chi connectivity index (χ1v) is 6.60. The van der Waals surface area contributed by atoms with Crippen molar-refractivity contribution in [3.63, 3.8) is 0 Å². The van der Waals surface area contributed by atoms with Crippen LogP contribution in [0.3, 0.4) is 0 Å². The van der Waals surface area contributed by atoms with Gasteiger partial charge in [-0.2, -0.15) is 0 Å². The van der Waals surface area contributed by atoms with E-state index in [2.05, 4.69) is 10.6 Å². The molecule has 1 heterocycles. The zero-order valence-electron chi connectivity index (χ0n) is 10.9. The molecule has 0 aromatic heterocycles. The van der Waals surface area contributed by atoms with E-state index in [9.17, 15) is 9.90 Å². The summed E-state index contributed by atoms with van der Waals surface area (Å²) in [7, 11) is 0. The molecule has 0 unspecified atom stereocenters. The zero-order chi connectivity index (χ0) is 13.5. The van der Waals surface area contributed by atoms with Gasteiger partial charge in [0.1, 0.15) is 6.61 Å². The molecule has 5 heteroatoms. The van der Waals surface area contributed by atoms with Crippen LogP contribution in [-0.2, 0) is 16.1 Å². The average Bonchev–Trinajstić information content (AvgIpc) is 2.47. The molecule has 0 aliphatic carbocycles. The van der Waals surface area contributed by atoms with E-state index < -0.39 is 0 Å². The third kappa shape index (κ3) is 4.31. The molecule has 1 amide bonds. The van der Waals surface area contributed by atoms with Gasteiger partial charge in [-0.3, -0.25) is 4.79 Å². The van der Waals surface area contributed by atoms with Crippen molar-refractivity contribution in [1.82, 2.24) is 5.32 Å². The Bertz CT molecular complexity index is 417. The van der Waals surface area contributed by atoms with Crippen LogP contribution in [0.15, 0.2) is 24.3 Å². The van der Waals surface area contributed by atoms with Crippen molar-refractivity contribution in [1.29, 1.82) is 0 Å². The number of carbonyl (C=O) groups excluding carboxylic acids is 1. The molecule has 0 spiro atoms. The van der Waals surface area contributed by atoms with Crippen LogP contribution in [0, 0.1) is 0 Å². The van der Waals surface area contributed by atoms with E-state index >= 15 is 0 Å². The maximum atomic E-state index is 11.8. The van der Waals surface area contributed by atoms with Crippen molar-refractivity contribution in [2.75, 3.05) is 25.0 Å². The number of benzene rings is 1. The predicted octanol–water partition coefficient (Wildman–Crippen LogP) is 0.886. The van der Waals surface area contributed by atoms with Crippen LogP contribution in [0.25, 0.3) is 0 Å². The van der Waals surface area contributed by atoms with Gasteiger partial charge in [0.05, 0.1) is 12.7 Å². The predicted molar refractivity (Wildman–Crippen MR) is 72.8 cm³/mol. The maximum absolute atomic E-state index is 11.8. The van der Waals surface area contributed by atoms with Gasteiger partial charge in [-0.15, -0.1) is 0 Å². The first kappa shape index (κ1) is 14.0. The number of aliphatic hydroxyl groups excluding tert-OH is 1. The molecular weight excluding hydrogens is 244 g/mol. The molecule has 5 nitrogen and oxygen atoms in total. The van der Waals surface area contributed by atoms with Gasteiger partial charge in [0.2, 0.25) is 5.91 Å². The topological polar surface area (TPSA) is 70.6 Å². The van der Waals surface area contributed by atoms with E-state index in [0.29, 0.717) is 11.3 Å². The van der Waals surface area contributed by atoms with Crippen LogP contribution < -0.4 is 10.6 Å². The number of para-hydroxylation sites is 1. The van der Waals surface area contributed by atoms with Gasteiger partial charge in [-0.05, 0) is 32.0 Å². The second-order valence-electron chi connectivity index (χ2n) is 4.62. The van der Waals surface area contributed by atoms with Crippen molar-refractivity contribution in [2.45, 2.75) is 25.6 Å². The number of hydrogen-bond donors (Lipinski definition) is 3. The first-order valence-electron chi connectivity index (χ1n) is 6.60. The third-order valence-corrected chi connectivity index (χ3v) is 3.20. The number of amides is 1. The smallest absolute Gasteiger partial charge is 0.250 e. The molecule has 0 bridgehead atoms. The summed E-state index contributed by atoms with van der Waals surface area (Å²) < 4.78 is 5.58. The highest BCUT2D eigenvalue weighted by Gasteiger charge is 2.15. The van der Waals surface area contributed by atoms with Crippen molar-refractivity contribution in [2.24, 2.45) is 0 Å². The quantitative estimate of drug-likeness (QED) is 0.738. The summed E-state index contributed by atoms with van der Waals surface area (Å²) in [6, 6.07) is 7.20. The zero-order valence-corrected chi connectivity index (χ0v) is 10.9. The molecule has 104 valence electrons. The van der Waals surface area contributed by atoms with Gasteiger partial charge in [-0.1, -0.05) is 18.2 Å². The van der Waals surface area contributed by atoms with E-state index in [1.807, 2.05) is 12.1 Å². The second-order valence-corrected chi connectivity index (χ2v) is 4.62. The lowest BCUT2D eigenvalue weighted by molar-refractivity contribution is -0.123.